The maximum Gasteiger partial charge on any atom is 0.411 e. The van der Waals surface area contributed by atoms with Gasteiger partial charge in [-0.1, -0.05) is 12.1 Å². The maximum atomic E-state index is 14.8. The van der Waals surface area contributed by atoms with E-state index in [0.29, 0.717) is 12.0 Å². The fraction of sp³-hybridized carbons (Fsp3) is 0.462. The van der Waals surface area contributed by atoms with Crippen molar-refractivity contribution >= 4 is 18.0 Å². The van der Waals surface area contributed by atoms with Crippen LogP contribution in [-0.4, -0.2) is 51.7 Å². The van der Waals surface area contributed by atoms with Crippen molar-refractivity contribution in [2.75, 3.05) is 0 Å². The smallest absolute Gasteiger partial charge is 0.411 e. The molecule has 2 aliphatic rings. The summed E-state index contributed by atoms with van der Waals surface area (Å²) in [5.74, 6) is -2.38. The predicted octanol–water partition coefficient (Wildman–Crippen LogP) is 4.12. The molecule has 1 saturated heterocycles. The summed E-state index contributed by atoms with van der Waals surface area (Å²) in [6.45, 7) is 5.28. The number of furan rings is 1. The van der Waals surface area contributed by atoms with Crippen LogP contribution in [0.15, 0.2) is 34.7 Å². The van der Waals surface area contributed by atoms with Crippen LogP contribution in [0.2, 0.25) is 0 Å². The number of ether oxygens (including phenoxy) is 1. The van der Waals surface area contributed by atoms with Crippen LogP contribution in [0, 0.1) is 23.1 Å². The van der Waals surface area contributed by atoms with Crippen molar-refractivity contribution in [2.45, 2.75) is 70.2 Å². The Balaban J connectivity index is 1.45. The first kappa shape index (κ1) is 25.2. The van der Waals surface area contributed by atoms with Gasteiger partial charge in [0.05, 0.1) is 6.07 Å². The Morgan fingerprint density at radius 2 is 2.03 bits per heavy atom. The van der Waals surface area contributed by atoms with Crippen molar-refractivity contribution in [2.24, 2.45) is 5.92 Å². The first-order valence-corrected chi connectivity index (χ1v) is 11.8. The largest absolute Gasteiger partial charge is 0.475 e. The number of nitriles is 1. The zero-order valence-electron chi connectivity index (χ0n) is 20.3. The number of likely N-dealkylation sites (tertiary alicyclic amines) is 1. The van der Waals surface area contributed by atoms with Crippen molar-refractivity contribution in [3.63, 3.8) is 0 Å². The Morgan fingerprint density at radius 1 is 1.28 bits per heavy atom. The number of nitrogens with zero attached hydrogens (tertiary/aromatic N) is 2. The van der Waals surface area contributed by atoms with Crippen LogP contribution in [0.1, 0.15) is 56.2 Å². The number of amides is 2. The van der Waals surface area contributed by atoms with E-state index >= 15 is 0 Å². The van der Waals surface area contributed by atoms with E-state index in [2.05, 4.69) is 5.32 Å². The van der Waals surface area contributed by atoms with Crippen molar-refractivity contribution in [1.82, 2.24) is 10.2 Å². The molecule has 4 rings (SSSR count). The van der Waals surface area contributed by atoms with Gasteiger partial charge in [0.25, 0.3) is 0 Å². The minimum atomic E-state index is -1.23. The van der Waals surface area contributed by atoms with Gasteiger partial charge in [-0.25, -0.2) is 14.0 Å². The SMILES string of the molecule is CC(C)(C)OC(=O)N1[C@@H]2CC[C@@H](C2)[C@H]1C(=O)N[C@H](C#N)Cc1ccc(-c2ccc(C(=O)O)o2)cc1F. The van der Waals surface area contributed by atoms with Gasteiger partial charge in [-0.3, -0.25) is 9.69 Å². The molecular weight excluding hydrogens is 469 g/mol. The zero-order valence-corrected chi connectivity index (χ0v) is 20.3. The summed E-state index contributed by atoms with van der Waals surface area (Å²) >= 11 is 0. The summed E-state index contributed by atoms with van der Waals surface area (Å²) in [7, 11) is 0. The molecule has 2 N–H and O–H groups in total. The Bertz CT molecular complexity index is 1230. The highest BCUT2D eigenvalue weighted by Crippen LogP contribution is 2.43. The molecule has 2 aromatic rings. The lowest BCUT2D eigenvalue weighted by atomic mass is 9.97. The molecule has 1 aliphatic carbocycles. The number of rotatable bonds is 6. The van der Waals surface area contributed by atoms with Crippen molar-refractivity contribution in [3.8, 4) is 17.4 Å². The van der Waals surface area contributed by atoms with Gasteiger partial charge in [-0.05, 0) is 69.7 Å². The molecule has 4 atom stereocenters. The monoisotopic (exact) mass is 497 g/mol. The third kappa shape index (κ3) is 5.20. The second-order valence-electron chi connectivity index (χ2n) is 10.2. The molecule has 0 unspecified atom stereocenters. The molecule has 10 heteroatoms. The highest BCUT2D eigenvalue weighted by atomic mass is 19.1. The molecule has 0 spiro atoms. The summed E-state index contributed by atoms with van der Waals surface area (Å²) in [5.41, 5.74) is -0.159. The number of carboxylic acid groups (broad SMARTS) is 1. The second kappa shape index (κ2) is 9.64. The molecule has 0 radical (unpaired) electrons. The van der Waals surface area contributed by atoms with Gasteiger partial charge < -0.3 is 19.6 Å². The summed E-state index contributed by atoms with van der Waals surface area (Å²) < 4.78 is 25.5. The van der Waals surface area contributed by atoms with Gasteiger partial charge in [-0.2, -0.15) is 5.26 Å². The van der Waals surface area contributed by atoms with Crippen LogP contribution in [-0.2, 0) is 16.0 Å². The summed E-state index contributed by atoms with van der Waals surface area (Å²) in [5, 5.41) is 21.3. The lowest BCUT2D eigenvalue weighted by Crippen LogP contribution is -2.55. The van der Waals surface area contributed by atoms with E-state index in [-0.39, 0.29) is 35.5 Å². The van der Waals surface area contributed by atoms with E-state index in [0.717, 1.165) is 12.8 Å². The molecule has 1 aromatic heterocycles. The number of aromatic carboxylic acids is 1. The molecule has 1 aliphatic heterocycles. The first-order chi connectivity index (χ1) is 17.0. The lowest BCUT2D eigenvalue weighted by molar-refractivity contribution is -0.128. The standard InChI is InChI=1S/C26H28FN3O6/c1-26(2,3)36-25(34)30-18-7-6-16(11-18)22(30)23(31)29-17(13-28)10-14-4-5-15(12-19(14)27)20-8-9-21(35-20)24(32)33/h4-5,8-9,12,16-18,22H,6-7,10-11H2,1-3H3,(H,29,31)(H,32,33)/t16-,17-,18+,22-/m0/s1. The number of fused-ring (bicyclic) bond motifs is 2. The van der Waals surface area contributed by atoms with Gasteiger partial charge in [0.1, 0.15) is 29.3 Å². The number of nitrogens with one attached hydrogen (secondary N) is 1. The topological polar surface area (TPSA) is 133 Å². The number of carbonyl (C=O) groups excluding carboxylic acids is 2. The lowest BCUT2D eigenvalue weighted by Gasteiger charge is -2.35. The van der Waals surface area contributed by atoms with Gasteiger partial charge in [0, 0.05) is 18.0 Å². The maximum absolute atomic E-state index is 14.8. The molecule has 9 nitrogen and oxygen atoms in total. The third-order valence-electron chi connectivity index (χ3n) is 6.51. The number of hydrogen-bond acceptors (Lipinski definition) is 6. The Morgan fingerprint density at radius 3 is 2.64 bits per heavy atom. The highest BCUT2D eigenvalue weighted by molar-refractivity contribution is 5.88. The van der Waals surface area contributed by atoms with Crippen LogP contribution >= 0.6 is 0 Å². The number of piperidine rings is 1. The van der Waals surface area contributed by atoms with Gasteiger partial charge in [-0.15, -0.1) is 0 Å². The molecule has 190 valence electrons. The Kier molecular flexibility index (Phi) is 6.76. The number of carboxylic acids is 1. The molecule has 36 heavy (non-hydrogen) atoms. The number of hydrogen-bond donors (Lipinski definition) is 2. The van der Waals surface area contributed by atoms with Gasteiger partial charge >= 0.3 is 12.1 Å². The second-order valence-corrected chi connectivity index (χ2v) is 10.2. The number of carbonyl (C=O) groups is 3. The van der Waals surface area contributed by atoms with E-state index in [1.807, 2.05) is 6.07 Å². The minimum absolute atomic E-state index is 0.0122. The normalized spacial score (nSPS) is 21.6. The summed E-state index contributed by atoms with van der Waals surface area (Å²) in [6.07, 6.45) is 1.69. The molecule has 2 fully saturated rings. The molecule has 2 amide bonds. The highest BCUT2D eigenvalue weighted by Gasteiger charge is 2.52. The van der Waals surface area contributed by atoms with Crippen LogP contribution in [0.25, 0.3) is 11.3 Å². The molecule has 1 saturated carbocycles. The van der Waals surface area contributed by atoms with E-state index in [4.69, 9.17) is 14.3 Å². The molecular formula is C26H28FN3O6. The van der Waals surface area contributed by atoms with Crippen molar-refractivity contribution in [3.05, 3.63) is 47.5 Å². The third-order valence-corrected chi connectivity index (χ3v) is 6.51. The quantitative estimate of drug-likeness (QED) is 0.613. The first-order valence-electron chi connectivity index (χ1n) is 11.8. The summed E-state index contributed by atoms with van der Waals surface area (Å²) in [4.78, 5) is 38.5. The van der Waals surface area contributed by atoms with Gasteiger partial charge in [0.2, 0.25) is 11.7 Å². The average molecular weight is 498 g/mol. The van der Waals surface area contributed by atoms with E-state index in [9.17, 15) is 24.0 Å². The molecule has 2 heterocycles. The van der Waals surface area contributed by atoms with E-state index in [1.54, 1.807) is 26.8 Å². The predicted molar refractivity (Wildman–Crippen MR) is 125 cm³/mol. The van der Waals surface area contributed by atoms with E-state index in [1.165, 1.54) is 29.2 Å². The Hall–Kier alpha value is -3.87. The number of halogens is 1. The Labute approximate surface area is 207 Å². The minimum Gasteiger partial charge on any atom is -0.475 e. The van der Waals surface area contributed by atoms with Crippen LogP contribution in [0.3, 0.4) is 0 Å². The fourth-order valence-electron chi connectivity index (χ4n) is 4.98. The zero-order chi connectivity index (χ0) is 26.2. The van der Waals surface area contributed by atoms with Crippen LogP contribution < -0.4 is 5.32 Å². The fourth-order valence-corrected chi connectivity index (χ4v) is 4.98. The molecule has 1 aromatic carbocycles. The van der Waals surface area contributed by atoms with Crippen molar-refractivity contribution < 1.29 is 33.0 Å². The van der Waals surface area contributed by atoms with Crippen LogP contribution in [0.4, 0.5) is 9.18 Å². The summed E-state index contributed by atoms with van der Waals surface area (Å²) in [6, 6.07) is 7.11. The van der Waals surface area contributed by atoms with Crippen LogP contribution in [0.5, 0.6) is 0 Å². The van der Waals surface area contributed by atoms with Crippen molar-refractivity contribution in [1.29, 1.82) is 5.26 Å². The van der Waals surface area contributed by atoms with Gasteiger partial charge in [0.15, 0.2) is 0 Å². The average Bonchev–Trinajstić information content (AvgIpc) is 3.54. The van der Waals surface area contributed by atoms with E-state index < -0.39 is 41.5 Å². The molecule has 2 bridgehead atoms. The number of benzene rings is 1.